The van der Waals surface area contributed by atoms with E-state index in [9.17, 15) is 0 Å². The second-order valence-electron chi connectivity index (χ2n) is 3.97. The van der Waals surface area contributed by atoms with Crippen molar-refractivity contribution in [2.24, 2.45) is 0 Å². The van der Waals surface area contributed by atoms with Gasteiger partial charge in [0.2, 0.25) is 0 Å². The number of aryl methyl sites for hydroxylation is 4. The lowest BCUT2D eigenvalue weighted by molar-refractivity contribution is 0.790. The zero-order chi connectivity index (χ0) is 9.84. The predicted molar refractivity (Wildman–Crippen MR) is 59.3 cm³/mol. The molecule has 0 unspecified atom stereocenters. The van der Waals surface area contributed by atoms with E-state index in [4.69, 9.17) is 0 Å². The molecule has 0 nitrogen and oxygen atoms in total. The number of rotatable bonds is 3. The molecule has 0 saturated heterocycles. The van der Waals surface area contributed by atoms with Gasteiger partial charge in [-0.05, 0) is 55.9 Å². The van der Waals surface area contributed by atoms with Crippen molar-refractivity contribution in [1.29, 1.82) is 0 Å². The summed E-state index contributed by atoms with van der Waals surface area (Å²) in [6.45, 7) is 8.85. The van der Waals surface area contributed by atoms with Crippen LogP contribution in [-0.2, 0) is 6.42 Å². The average molecular weight is 176 g/mol. The molecule has 0 radical (unpaired) electrons. The summed E-state index contributed by atoms with van der Waals surface area (Å²) in [5, 5.41) is 0. The van der Waals surface area contributed by atoms with Crippen LogP contribution in [0.1, 0.15) is 42.0 Å². The van der Waals surface area contributed by atoms with Crippen LogP contribution in [0.15, 0.2) is 12.1 Å². The van der Waals surface area contributed by atoms with Crippen LogP contribution in [0.5, 0.6) is 0 Å². The third kappa shape index (κ3) is 2.58. The van der Waals surface area contributed by atoms with Crippen LogP contribution in [0, 0.1) is 20.8 Å². The summed E-state index contributed by atoms with van der Waals surface area (Å²) in [6, 6.07) is 4.65. The van der Waals surface area contributed by atoms with E-state index in [-0.39, 0.29) is 0 Å². The minimum atomic E-state index is 1.24. The Balaban J connectivity index is 2.88. The van der Waals surface area contributed by atoms with E-state index in [1.54, 1.807) is 0 Å². The molecule has 72 valence electrons. The van der Waals surface area contributed by atoms with Gasteiger partial charge >= 0.3 is 0 Å². The topological polar surface area (TPSA) is 0 Å². The molecule has 1 aromatic rings. The normalized spacial score (nSPS) is 10.5. The molecule has 0 aliphatic carbocycles. The first kappa shape index (κ1) is 10.3. The SMILES string of the molecule is CCCCc1cc(C)c(C)cc1C. The van der Waals surface area contributed by atoms with Gasteiger partial charge in [-0.3, -0.25) is 0 Å². The molecule has 0 spiro atoms. The zero-order valence-electron chi connectivity index (χ0n) is 9.28. The summed E-state index contributed by atoms with van der Waals surface area (Å²) < 4.78 is 0. The Kier molecular flexibility index (Phi) is 3.53. The fourth-order valence-electron chi connectivity index (χ4n) is 1.66. The van der Waals surface area contributed by atoms with E-state index in [1.807, 2.05) is 0 Å². The van der Waals surface area contributed by atoms with Crippen molar-refractivity contribution < 1.29 is 0 Å². The van der Waals surface area contributed by atoms with Gasteiger partial charge in [0.1, 0.15) is 0 Å². The molecular weight excluding hydrogens is 156 g/mol. The maximum Gasteiger partial charge on any atom is -0.0276 e. The second-order valence-corrected chi connectivity index (χ2v) is 3.97. The van der Waals surface area contributed by atoms with Crippen molar-refractivity contribution >= 4 is 0 Å². The van der Waals surface area contributed by atoms with Gasteiger partial charge < -0.3 is 0 Å². The van der Waals surface area contributed by atoms with E-state index >= 15 is 0 Å². The Hall–Kier alpha value is -0.780. The van der Waals surface area contributed by atoms with Gasteiger partial charge in [-0.15, -0.1) is 0 Å². The molecule has 0 heteroatoms. The lowest BCUT2D eigenvalue weighted by atomic mass is 9.97. The molecule has 0 heterocycles. The minimum Gasteiger partial charge on any atom is -0.0654 e. The van der Waals surface area contributed by atoms with Crippen LogP contribution in [0.3, 0.4) is 0 Å². The molecule has 0 aliphatic heterocycles. The van der Waals surface area contributed by atoms with Gasteiger partial charge in [-0.1, -0.05) is 25.5 Å². The molecule has 0 saturated carbocycles. The largest absolute Gasteiger partial charge is 0.0654 e. The Morgan fingerprint density at radius 3 is 2.15 bits per heavy atom. The van der Waals surface area contributed by atoms with Crippen LogP contribution < -0.4 is 0 Å². The molecule has 0 aromatic heterocycles. The summed E-state index contributed by atoms with van der Waals surface area (Å²) in [5.41, 5.74) is 5.83. The minimum absolute atomic E-state index is 1.24. The van der Waals surface area contributed by atoms with Gasteiger partial charge in [0, 0.05) is 0 Å². The first-order chi connectivity index (χ1) is 6.15. The quantitative estimate of drug-likeness (QED) is 0.654. The van der Waals surface area contributed by atoms with E-state index in [0.717, 1.165) is 0 Å². The standard InChI is InChI=1S/C13H20/c1-5-6-7-13-9-11(3)10(2)8-12(13)4/h8-9H,5-7H2,1-4H3. The third-order valence-corrected chi connectivity index (χ3v) is 2.75. The molecular formula is C13H20. The number of hydrogen-bond donors (Lipinski definition) is 0. The summed E-state index contributed by atoms with van der Waals surface area (Å²) in [5.74, 6) is 0. The van der Waals surface area contributed by atoms with Crippen molar-refractivity contribution in [1.82, 2.24) is 0 Å². The van der Waals surface area contributed by atoms with Crippen LogP contribution >= 0.6 is 0 Å². The molecule has 0 N–H and O–H groups in total. The number of hydrogen-bond acceptors (Lipinski definition) is 0. The summed E-state index contributed by atoms with van der Waals surface area (Å²) in [4.78, 5) is 0. The van der Waals surface area contributed by atoms with E-state index < -0.39 is 0 Å². The first-order valence-corrected chi connectivity index (χ1v) is 5.22. The average Bonchev–Trinajstić information content (AvgIpc) is 2.09. The third-order valence-electron chi connectivity index (χ3n) is 2.75. The fourth-order valence-corrected chi connectivity index (χ4v) is 1.66. The molecule has 1 aromatic carbocycles. The Bertz CT molecular complexity index is 284. The molecule has 13 heavy (non-hydrogen) atoms. The van der Waals surface area contributed by atoms with Crippen molar-refractivity contribution in [3.8, 4) is 0 Å². The van der Waals surface area contributed by atoms with E-state index in [1.165, 1.54) is 41.5 Å². The van der Waals surface area contributed by atoms with E-state index in [2.05, 4.69) is 39.8 Å². The summed E-state index contributed by atoms with van der Waals surface area (Å²) >= 11 is 0. The number of benzene rings is 1. The lowest BCUT2D eigenvalue weighted by Gasteiger charge is -2.08. The fraction of sp³-hybridized carbons (Fsp3) is 0.538. The van der Waals surface area contributed by atoms with Crippen molar-refractivity contribution in [2.75, 3.05) is 0 Å². The maximum atomic E-state index is 2.35. The molecule has 0 aliphatic rings. The predicted octanol–water partition coefficient (Wildman–Crippen LogP) is 3.95. The van der Waals surface area contributed by atoms with Crippen molar-refractivity contribution in [2.45, 2.75) is 47.0 Å². The van der Waals surface area contributed by atoms with Crippen LogP contribution in [0.4, 0.5) is 0 Å². The van der Waals surface area contributed by atoms with Gasteiger partial charge in [-0.25, -0.2) is 0 Å². The van der Waals surface area contributed by atoms with Crippen molar-refractivity contribution in [3.63, 3.8) is 0 Å². The van der Waals surface area contributed by atoms with E-state index in [0.29, 0.717) is 0 Å². The summed E-state index contributed by atoms with van der Waals surface area (Å²) in [6.07, 6.45) is 3.83. The number of unbranched alkanes of at least 4 members (excludes halogenated alkanes) is 1. The van der Waals surface area contributed by atoms with Crippen LogP contribution in [0.2, 0.25) is 0 Å². The maximum absolute atomic E-state index is 2.35. The Labute approximate surface area is 82.0 Å². The molecule has 0 amide bonds. The Morgan fingerprint density at radius 1 is 0.923 bits per heavy atom. The molecule has 0 fully saturated rings. The highest BCUT2D eigenvalue weighted by Gasteiger charge is 2.00. The van der Waals surface area contributed by atoms with Gasteiger partial charge in [0.05, 0.1) is 0 Å². The Morgan fingerprint density at radius 2 is 1.54 bits per heavy atom. The van der Waals surface area contributed by atoms with Gasteiger partial charge in [0.25, 0.3) is 0 Å². The highest BCUT2D eigenvalue weighted by atomic mass is 14.1. The first-order valence-electron chi connectivity index (χ1n) is 5.22. The smallest absolute Gasteiger partial charge is 0.0276 e. The molecule has 0 atom stereocenters. The zero-order valence-corrected chi connectivity index (χ0v) is 9.28. The summed E-state index contributed by atoms with van der Waals surface area (Å²) in [7, 11) is 0. The molecule has 0 bridgehead atoms. The van der Waals surface area contributed by atoms with Gasteiger partial charge in [0.15, 0.2) is 0 Å². The molecule has 1 rings (SSSR count). The highest BCUT2D eigenvalue weighted by molar-refractivity contribution is 5.36. The van der Waals surface area contributed by atoms with Crippen molar-refractivity contribution in [3.05, 3.63) is 34.4 Å². The van der Waals surface area contributed by atoms with Crippen LogP contribution in [-0.4, -0.2) is 0 Å². The highest BCUT2D eigenvalue weighted by Crippen LogP contribution is 2.17. The van der Waals surface area contributed by atoms with Gasteiger partial charge in [-0.2, -0.15) is 0 Å². The van der Waals surface area contributed by atoms with Crippen LogP contribution in [0.25, 0.3) is 0 Å². The monoisotopic (exact) mass is 176 g/mol. The lowest BCUT2D eigenvalue weighted by Crippen LogP contribution is -1.93. The second kappa shape index (κ2) is 4.45.